The topological polar surface area (TPSA) is 71.3 Å². The standard InChI is InChI=1S/C22H21FN2O3/c23-18-10-8-16(9-11-18)20(15-19-7-4-14-28-19)22(27)25-13-12-24-21(26)17-5-2-1-3-6-17/h1-11,14,20H,12-13,15H2,(H,24,26)(H,25,27). The van der Waals surface area contributed by atoms with Crippen LogP contribution in [-0.4, -0.2) is 24.9 Å². The number of hydrogen-bond donors (Lipinski definition) is 2. The van der Waals surface area contributed by atoms with Crippen molar-refractivity contribution in [2.75, 3.05) is 13.1 Å². The van der Waals surface area contributed by atoms with Crippen molar-refractivity contribution in [3.63, 3.8) is 0 Å². The van der Waals surface area contributed by atoms with E-state index in [1.807, 2.05) is 6.07 Å². The molecule has 2 amide bonds. The second kappa shape index (κ2) is 9.50. The van der Waals surface area contributed by atoms with Gasteiger partial charge in [-0.05, 0) is 42.0 Å². The lowest BCUT2D eigenvalue weighted by Crippen LogP contribution is -2.37. The van der Waals surface area contributed by atoms with E-state index in [1.165, 1.54) is 12.1 Å². The monoisotopic (exact) mass is 380 g/mol. The Morgan fingerprint density at radius 1 is 0.893 bits per heavy atom. The van der Waals surface area contributed by atoms with Crippen LogP contribution < -0.4 is 10.6 Å². The minimum Gasteiger partial charge on any atom is -0.469 e. The van der Waals surface area contributed by atoms with Gasteiger partial charge in [0.15, 0.2) is 0 Å². The van der Waals surface area contributed by atoms with Crippen LogP contribution >= 0.6 is 0 Å². The Bertz CT molecular complexity index is 893. The van der Waals surface area contributed by atoms with Gasteiger partial charge in [-0.15, -0.1) is 0 Å². The van der Waals surface area contributed by atoms with Gasteiger partial charge >= 0.3 is 0 Å². The van der Waals surface area contributed by atoms with E-state index in [0.717, 1.165) is 0 Å². The third kappa shape index (κ3) is 5.30. The largest absolute Gasteiger partial charge is 0.469 e. The van der Waals surface area contributed by atoms with E-state index in [1.54, 1.807) is 54.8 Å². The summed E-state index contributed by atoms with van der Waals surface area (Å²) >= 11 is 0. The quantitative estimate of drug-likeness (QED) is 0.589. The highest BCUT2D eigenvalue weighted by Crippen LogP contribution is 2.22. The molecule has 0 spiro atoms. The number of rotatable bonds is 8. The summed E-state index contributed by atoms with van der Waals surface area (Å²) in [6, 6.07) is 18.3. The van der Waals surface area contributed by atoms with Crippen molar-refractivity contribution >= 4 is 11.8 Å². The molecular weight excluding hydrogens is 359 g/mol. The van der Waals surface area contributed by atoms with Gasteiger partial charge in [-0.3, -0.25) is 9.59 Å². The van der Waals surface area contributed by atoms with Crippen molar-refractivity contribution in [2.45, 2.75) is 12.3 Å². The number of nitrogens with one attached hydrogen (secondary N) is 2. The molecule has 0 aliphatic rings. The van der Waals surface area contributed by atoms with Crippen molar-refractivity contribution in [3.05, 3.63) is 95.7 Å². The van der Waals surface area contributed by atoms with Crippen LogP contribution in [0.3, 0.4) is 0 Å². The lowest BCUT2D eigenvalue weighted by Gasteiger charge is -2.16. The van der Waals surface area contributed by atoms with Crippen LogP contribution in [0.25, 0.3) is 0 Å². The van der Waals surface area contributed by atoms with Gasteiger partial charge in [0.05, 0.1) is 12.2 Å². The molecule has 1 unspecified atom stereocenters. The number of hydrogen-bond acceptors (Lipinski definition) is 3. The summed E-state index contributed by atoms with van der Waals surface area (Å²) < 4.78 is 18.6. The number of furan rings is 1. The molecule has 1 aromatic heterocycles. The van der Waals surface area contributed by atoms with Crippen LogP contribution in [0.2, 0.25) is 0 Å². The molecule has 1 heterocycles. The van der Waals surface area contributed by atoms with Gasteiger partial charge in [0.1, 0.15) is 11.6 Å². The molecule has 2 aromatic carbocycles. The summed E-state index contributed by atoms with van der Waals surface area (Å²) in [7, 11) is 0. The van der Waals surface area contributed by atoms with Crippen LogP contribution in [0.4, 0.5) is 4.39 Å². The first-order valence-electron chi connectivity index (χ1n) is 9.02. The zero-order chi connectivity index (χ0) is 19.8. The van der Waals surface area contributed by atoms with Crippen LogP contribution in [0.15, 0.2) is 77.4 Å². The predicted molar refractivity (Wildman–Crippen MR) is 103 cm³/mol. The molecule has 0 saturated heterocycles. The van der Waals surface area contributed by atoms with Crippen molar-refractivity contribution in [3.8, 4) is 0 Å². The van der Waals surface area contributed by atoms with E-state index < -0.39 is 5.92 Å². The Hall–Kier alpha value is -3.41. The number of benzene rings is 2. The summed E-state index contributed by atoms with van der Waals surface area (Å²) in [6.45, 7) is 0.587. The maximum atomic E-state index is 13.2. The maximum absolute atomic E-state index is 13.2. The minimum absolute atomic E-state index is 0.194. The third-order valence-corrected chi connectivity index (χ3v) is 4.32. The lowest BCUT2D eigenvalue weighted by atomic mass is 9.93. The summed E-state index contributed by atoms with van der Waals surface area (Å²) in [4.78, 5) is 24.7. The molecular formula is C22H21FN2O3. The first kappa shape index (κ1) is 19.4. The first-order valence-corrected chi connectivity index (χ1v) is 9.02. The van der Waals surface area contributed by atoms with Gasteiger partial charge < -0.3 is 15.1 Å². The van der Waals surface area contributed by atoms with Gasteiger partial charge in [0, 0.05) is 25.1 Å². The molecule has 144 valence electrons. The maximum Gasteiger partial charge on any atom is 0.251 e. The summed E-state index contributed by atoms with van der Waals surface area (Å²) in [5.74, 6) is -0.611. The van der Waals surface area contributed by atoms with E-state index in [0.29, 0.717) is 29.9 Å². The van der Waals surface area contributed by atoms with Gasteiger partial charge in [0.25, 0.3) is 5.91 Å². The summed E-state index contributed by atoms with van der Waals surface area (Å²) in [5.41, 5.74) is 1.26. The predicted octanol–water partition coefficient (Wildman–Crippen LogP) is 3.29. The molecule has 6 heteroatoms. The summed E-state index contributed by atoms with van der Waals surface area (Å²) in [6.07, 6.45) is 1.91. The Morgan fingerprint density at radius 2 is 1.61 bits per heavy atom. The Kier molecular flexibility index (Phi) is 6.57. The van der Waals surface area contributed by atoms with Crippen LogP contribution in [0.1, 0.15) is 27.6 Å². The van der Waals surface area contributed by atoms with E-state index >= 15 is 0 Å². The Balaban J connectivity index is 1.56. The van der Waals surface area contributed by atoms with E-state index in [2.05, 4.69) is 10.6 Å². The van der Waals surface area contributed by atoms with Crippen LogP contribution in [0, 0.1) is 5.82 Å². The minimum atomic E-state index is -0.517. The fourth-order valence-electron chi connectivity index (χ4n) is 2.86. The molecule has 1 atom stereocenters. The van der Waals surface area contributed by atoms with Gasteiger partial charge in [-0.25, -0.2) is 4.39 Å². The smallest absolute Gasteiger partial charge is 0.251 e. The average molecular weight is 380 g/mol. The number of amides is 2. The highest BCUT2D eigenvalue weighted by Gasteiger charge is 2.22. The third-order valence-electron chi connectivity index (χ3n) is 4.32. The Labute approximate surface area is 162 Å². The molecule has 2 N–H and O–H groups in total. The van der Waals surface area contributed by atoms with Crippen molar-refractivity contribution in [1.29, 1.82) is 0 Å². The molecule has 0 bridgehead atoms. The number of carbonyl (C=O) groups excluding carboxylic acids is 2. The van der Waals surface area contributed by atoms with Crippen LogP contribution in [-0.2, 0) is 11.2 Å². The average Bonchev–Trinajstić information content (AvgIpc) is 3.24. The van der Waals surface area contributed by atoms with Gasteiger partial charge in [0.2, 0.25) is 5.91 Å². The molecule has 0 aliphatic carbocycles. The number of carbonyl (C=O) groups is 2. The number of halogens is 1. The first-order chi connectivity index (χ1) is 13.6. The van der Waals surface area contributed by atoms with E-state index in [4.69, 9.17) is 4.42 Å². The summed E-state index contributed by atoms with van der Waals surface area (Å²) in [5, 5.41) is 5.59. The van der Waals surface area contributed by atoms with Crippen molar-refractivity contribution in [2.24, 2.45) is 0 Å². The van der Waals surface area contributed by atoms with Gasteiger partial charge in [-0.1, -0.05) is 30.3 Å². The molecule has 0 saturated carbocycles. The van der Waals surface area contributed by atoms with E-state index in [9.17, 15) is 14.0 Å². The fraction of sp³-hybridized carbons (Fsp3) is 0.182. The van der Waals surface area contributed by atoms with Crippen molar-refractivity contribution < 1.29 is 18.4 Å². The molecule has 0 fully saturated rings. The fourth-order valence-corrected chi connectivity index (χ4v) is 2.86. The zero-order valence-corrected chi connectivity index (χ0v) is 15.2. The molecule has 0 aliphatic heterocycles. The molecule has 28 heavy (non-hydrogen) atoms. The molecule has 5 nitrogen and oxygen atoms in total. The second-order valence-corrected chi connectivity index (χ2v) is 6.30. The molecule has 3 aromatic rings. The normalized spacial score (nSPS) is 11.6. The second-order valence-electron chi connectivity index (χ2n) is 6.30. The molecule has 3 rings (SSSR count). The van der Waals surface area contributed by atoms with E-state index in [-0.39, 0.29) is 24.2 Å². The molecule has 0 radical (unpaired) electrons. The lowest BCUT2D eigenvalue weighted by molar-refractivity contribution is -0.122. The van der Waals surface area contributed by atoms with Crippen LogP contribution in [0.5, 0.6) is 0 Å². The zero-order valence-electron chi connectivity index (χ0n) is 15.2. The van der Waals surface area contributed by atoms with Gasteiger partial charge in [-0.2, -0.15) is 0 Å². The van der Waals surface area contributed by atoms with Crippen molar-refractivity contribution in [1.82, 2.24) is 10.6 Å². The highest BCUT2D eigenvalue weighted by molar-refractivity contribution is 5.94. The SMILES string of the molecule is O=C(NCCNC(=O)C(Cc1ccco1)c1ccc(F)cc1)c1ccccc1. The Morgan fingerprint density at radius 3 is 2.29 bits per heavy atom. The highest BCUT2D eigenvalue weighted by atomic mass is 19.1.